The summed E-state index contributed by atoms with van der Waals surface area (Å²) in [4.78, 5) is 0. The highest BCUT2D eigenvalue weighted by molar-refractivity contribution is 5.57. The van der Waals surface area contributed by atoms with Crippen LogP contribution in [-0.4, -0.2) is 29.5 Å². The molecule has 0 aromatic heterocycles. The number of aliphatic hydroxyl groups is 2. The number of aliphatic hydroxyl groups excluding tert-OH is 2. The van der Waals surface area contributed by atoms with Crippen molar-refractivity contribution in [2.45, 2.75) is 6.10 Å². The van der Waals surface area contributed by atoms with Gasteiger partial charge in [0.15, 0.2) is 5.75 Å². The highest BCUT2D eigenvalue weighted by atomic mass is 19.1. The van der Waals surface area contributed by atoms with E-state index in [1.165, 1.54) is 24.3 Å². The number of nitrogens with one attached hydrogen (secondary N) is 1. The smallest absolute Gasteiger partial charge is 0.150 e. The number of ether oxygens (including phenoxy) is 1. The van der Waals surface area contributed by atoms with Gasteiger partial charge in [0.05, 0.1) is 18.4 Å². The second kappa shape index (κ2) is 6.88. The van der Waals surface area contributed by atoms with Gasteiger partial charge in [0.25, 0.3) is 0 Å². The Balaban J connectivity index is 2.09. The van der Waals surface area contributed by atoms with Gasteiger partial charge in [0, 0.05) is 6.54 Å². The van der Waals surface area contributed by atoms with E-state index in [9.17, 15) is 9.50 Å². The van der Waals surface area contributed by atoms with Gasteiger partial charge in [-0.3, -0.25) is 0 Å². The fourth-order valence-electron chi connectivity index (χ4n) is 1.62. The fraction of sp³-hybridized carbons (Fsp3) is 0.200. The van der Waals surface area contributed by atoms with E-state index in [-0.39, 0.29) is 19.0 Å². The molecule has 0 heterocycles. The van der Waals surface area contributed by atoms with Crippen LogP contribution < -0.4 is 10.1 Å². The maximum absolute atomic E-state index is 12.8. The third-order valence-electron chi connectivity index (χ3n) is 2.67. The summed E-state index contributed by atoms with van der Waals surface area (Å²) < 4.78 is 18.5. The molecule has 0 saturated heterocycles. The number of hydrogen-bond acceptors (Lipinski definition) is 4. The molecule has 2 rings (SSSR count). The van der Waals surface area contributed by atoms with E-state index < -0.39 is 6.10 Å². The monoisotopic (exact) mass is 277 g/mol. The molecule has 0 amide bonds. The summed E-state index contributed by atoms with van der Waals surface area (Å²) >= 11 is 0. The standard InChI is InChI=1S/C15H16FNO3/c16-11-5-7-13(8-6-11)20-15-4-2-1-3-14(15)17-9-12(19)10-18/h1-8,12,17-19H,9-10H2. The van der Waals surface area contributed by atoms with Crippen LogP contribution in [0.25, 0.3) is 0 Å². The molecule has 0 spiro atoms. The summed E-state index contributed by atoms with van der Waals surface area (Å²) in [5, 5.41) is 21.1. The summed E-state index contributed by atoms with van der Waals surface area (Å²) in [6.45, 7) is -0.103. The van der Waals surface area contributed by atoms with E-state index >= 15 is 0 Å². The summed E-state index contributed by atoms with van der Waals surface area (Å²) in [5.41, 5.74) is 0.685. The van der Waals surface area contributed by atoms with Crippen molar-refractivity contribution in [2.75, 3.05) is 18.5 Å². The van der Waals surface area contributed by atoms with E-state index in [1.54, 1.807) is 12.1 Å². The maximum atomic E-state index is 12.8. The predicted octanol–water partition coefficient (Wildman–Crippen LogP) is 2.38. The molecule has 5 heteroatoms. The van der Waals surface area contributed by atoms with Crippen LogP contribution in [0.4, 0.5) is 10.1 Å². The highest BCUT2D eigenvalue weighted by Gasteiger charge is 2.07. The van der Waals surface area contributed by atoms with Gasteiger partial charge in [-0.05, 0) is 36.4 Å². The molecule has 0 bridgehead atoms. The number of hydrogen-bond donors (Lipinski definition) is 3. The molecule has 0 radical (unpaired) electrons. The first-order chi connectivity index (χ1) is 9.69. The molecule has 0 saturated carbocycles. The Morgan fingerprint density at radius 2 is 1.80 bits per heavy atom. The Morgan fingerprint density at radius 1 is 1.10 bits per heavy atom. The molecule has 2 aromatic rings. The van der Waals surface area contributed by atoms with Crippen molar-refractivity contribution in [1.29, 1.82) is 0 Å². The summed E-state index contributed by atoms with van der Waals surface area (Å²) in [6.07, 6.45) is -0.839. The molecule has 1 atom stereocenters. The largest absolute Gasteiger partial charge is 0.455 e. The van der Waals surface area contributed by atoms with Crippen LogP contribution >= 0.6 is 0 Å². The molecule has 1 unspecified atom stereocenters. The molecular formula is C15H16FNO3. The van der Waals surface area contributed by atoms with Gasteiger partial charge in [0.2, 0.25) is 0 Å². The van der Waals surface area contributed by atoms with Crippen molar-refractivity contribution in [2.24, 2.45) is 0 Å². The summed E-state index contributed by atoms with van der Waals surface area (Å²) in [7, 11) is 0. The molecule has 0 aliphatic rings. The van der Waals surface area contributed by atoms with Gasteiger partial charge >= 0.3 is 0 Å². The zero-order chi connectivity index (χ0) is 14.4. The van der Waals surface area contributed by atoms with E-state index in [4.69, 9.17) is 9.84 Å². The first-order valence-electron chi connectivity index (χ1n) is 6.24. The zero-order valence-corrected chi connectivity index (χ0v) is 10.8. The SMILES string of the molecule is OCC(O)CNc1ccccc1Oc1ccc(F)cc1. The van der Waals surface area contributed by atoms with Crippen molar-refractivity contribution in [1.82, 2.24) is 0 Å². The Morgan fingerprint density at radius 3 is 2.50 bits per heavy atom. The van der Waals surface area contributed by atoms with Crippen LogP contribution in [0.3, 0.4) is 0 Å². The lowest BCUT2D eigenvalue weighted by Crippen LogP contribution is -2.23. The van der Waals surface area contributed by atoms with Crippen molar-refractivity contribution < 1.29 is 19.3 Å². The Hall–Kier alpha value is -2.11. The minimum atomic E-state index is -0.839. The molecule has 0 aliphatic heterocycles. The molecular weight excluding hydrogens is 261 g/mol. The van der Waals surface area contributed by atoms with Crippen molar-refractivity contribution in [3.8, 4) is 11.5 Å². The average molecular weight is 277 g/mol. The Kier molecular flexibility index (Phi) is 4.92. The summed E-state index contributed by atoms with van der Waals surface area (Å²) in [5.74, 6) is 0.752. The van der Waals surface area contributed by atoms with E-state index in [0.29, 0.717) is 17.2 Å². The number of anilines is 1. The summed E-state index contributed by atoms with van der Waals surface area (Å²) in [6, 6.07) is 12.9. The first kappa shape index (κ1) is 14.3. The minimum absolute atomic E-state index is 0.209. The predicted molar refractivity (Wildman–Crippen MR) is 74.5 cm³/mol. The van der Waals surface area contributed by atoms with Gasteiger partial charge in [-0.15, -0.1) is 0 Å². The fourth-order valence-corrected chi connectivity index (χ4v) is 1.62. The van der Waals surface area contributed by atoms with Crippen LogP contribution in [-0.2, 0) is 0 Å². The Labute approximate surface area is 116 Å². The van der Waals surface area contributed by atoms with Gasteiger partial charge in [-0.1, -0.05) is 12.1 Å². The second-order valence-corrected chi connectivity index (χ2v) is 4.27. The second-order valence-electron chi connectivity index (χ2n) is 4.27. The maximum Gasteiger partial charge on any atom is 0.150 e. The third kappa shape index (κ3) is 3.94. The quantitative estimate of drug-likeness (QED) is 0.758. The highest BCUT2D eigenvalue weighted by Crippen LogP contribution is 2.29. The normalized spacial score (nSPS) is 11.9. The number of halogens is 1. The average Bonchev–Trinajstić information content (AvgIpc) is 2.48. The number of benzene rings is 2. The number of rotatable bonds is 6. The third-order valence-corrected chi connectivity index (χ3v) is 2.67. The van der Waals surface area contributed by atoms with Gasteiger partial charge < -0.3 is 20.3 Å². The van der Waals surface area contributed by atoms with E-state index in [0.717, 1.165) is 0 Å². The molecule has 20 heavy (non-hydrogen) atoms. The molecule has 4 nitrogen and oxygen atoms in total. The van der Waals surface area contributed by atoms with Crippen LogP contribution in [0.2, 0.25) is 0 Å². The van der Waals surface area contributed by atoms with Gasteiger partial charge in [-0.25, -0.2) is 4.39 Å². The van der Waals surface area contributed by atoms with E-state index in [2.05, 4.69) is 5.32 Å². The first-order valence-corrected chi connectivity index (χ1v) is 6.24. The number of para-hydroxylation sites is 2. The molecule has 0 fully saturated rings. The molecule has 2 aromatic carbocycles. The van der Waals surface area contributed by atoms with Gasteiger partial charge in [0.1, 0.15) is 11.6 Å². The lowest BCUT2D eigenvalue weighted by molar-refractivity contribution is 0.105. The lowest BCUT2D eigenvalue weighted by Gasteiger charge is -2.14. The zero-order valence-electron chi connectivity index (χ0n) is 10.8. The van der Waals surface area contributed by atoms with Crippen molar-refractivity contribution in [3.63, 3.8) is 0 Å². The van der Waals surface area contributed by atoms with Crippen LogP contribution in [0.5, 0.6) is 11.5 Å². The van der Waals surface area contributed by atoms with Crippen molar-refractivity contribution in [3.05, 3.63) is 54.3 Å². The molecule has 3 N–H and O–H groups in total. The Bertz CT molecular complexity index is 545. The lowest BCUT2D eigenvalue weighted by atomic mass is 10.2. The van der Waals surface area contributed by atoms with Crippen LogP contribution in [0, 0.1) is 5.82 Å². The van der Waals surface area contributed by atoms with Gasteiger partial charge in [-0.2, -0.15) is 0 Å². The van der Waals surface area contributed by atoms with Crippen LogP contribution in [0.15, 0.2) is 48.5 Å². The van der Waals surface area contributed by atoms with Crippen LogP contribution in [0.1, 0.15) is 0 Å². The molecule has 106 valence electrons. The minimum Gasteiger partial charge on any atom is -0.455 e. The topological polar surface area (TPSA) is 61.7 Å². The molecule has 0 aliphatic carbocycles. The van der Waals surface area contributed by atoms with E-state index in [1.807, 2.05) is 12.1 Å². The van der Waals surface area contributed by atoms with Crippen molar-refractivity contribution >= 4 is 5.69 Å².